The zero-order valence-corrected chi connectivity index (χ0v) is 14.6. The molecule has 120 valence electrons. The van der Waals surface area contributed by atoms with Gasteiger partial charge in [0.25, 0.3) is 10.0 Å². The molecule has 0 unspecified atom stereocenters. The molecule has 0 atom stereocenters. The lowest BCUT2D eigenvalue weighted by molar-refractivity contribution is -0.114. The predicted molar refractivity (Wildman–Crippen MR) is 92.8 cm³/mol. The van der Waals surface area contributed by atoms with Gasteiger partial charge in [-0.25, -0.2) is 4.83 Å². The van der Waals surface area contributed by atoms with Gasteiger partial charge in [0, 0.05) is 17.1 Å². The van der Waals surface area contributed by atoms with E-state index in [4.69, 9.17) is 0 Å². The van der Waals surface area contributed by atoms with Crippen molar-refractivity contribution in [1.82, 2.24) is 4.83 Å². The molecule has 0 aliphatic heterocycles. The van der Waals surface area contributed by atoms with Crippen LogP contribution in [0.4, 0.5) is 5.69 Å². The maximum Gasteiger partial charge on any atom is 0.276 e. The quantitative estimate of drug-likeness (QED) is 0.602. The second-order valence-electron chi connectivity index (χ2n) is 4.61. The van der Waals surface area contributed by atoms with Crippen molar-refractivity contribution in [2.24, 2.45) is 5.10 Å². The van der Waals surface area contributed by atoms with Crippen LogP contribution in [-0.2, 0) is 14.8 Å². The topological polar surface area (TPSA) is 87.6 Å². The van der Waals surface area contributed by atoms with Crippen LogP contribution in [0.5, 0.6) is 0 Å². The third-order valence-corrected chi connectivity index (χ3v) is 4.51. The number of benzene rings is 2. The van der Waals surface area contributed by atoms with Crippen molar-refractivity contribution in [1.29, 1.82) is 0 Å². The van der Waals surface area contributed by atoms with E-state index in [1.807, 2.05) is 0 Å². The normalized spacial score (nSPS) is 11.4. The molecule has 0 bridgehead atoms. The average Bonchev–Trinajstić information content (AvgIpc) is 2.49. The molecule has 0 aromatic heterocycles. The van der Waals surface area contributed by atoms with Gasteiger partial charge in [-0.3, -0.25) is 4.79 Å². The Kier molecular flexibility index (Phi) is 5.51. The highest BCUT2D eigenvalue weighted by Crippen LogP contribution is 2.14. The molecular formula is C15H14BrN3O3S. The van der Waals surface area contributed by atoms with E-state index in [0.29, 0.717) is 11.3 Å². The number of nitrogens with one attached hydrogen (secondary N) is 2. The molecule has 2 aromatic carbocycles. The highest BCUT2D eigenvalue weighted by atomic mass is 79.9. The minimum absolute atomic E-state index is 0.124. The lowest BCUT2D eigenvalue weighted by Crippen LogP contribution is -2.18. The second-order valence-corrected chi connectivity index (χ2v) is 7.19. The van der Waals surface area contributed by atoms with Crippen molar-refractivity contribution in [3.63, 3.8) is 0 Å². The minimum atomic E-state index is -3.70. The number of carbonyl (C=O) groups is 1. The van der Waals surface area contributed by atoms with E-state index in [2.05, 4.69) is 31.2 Å². The first-order chi connectivity index (χ1) is 10.9. The highest BCUT2D eigenvalue weighted by Gasteiger charge is 2.11. The van der Waals surface area contributed by atoms with Gasteiger partial charge < -0.3 is 5.32 Å². The number of anilines is 1. The first-order valence-corrected chi connectivity index (χ1v) is 8.82. The number of amides is 1. The fourth-order valence-corrected chi connectivity index (χ4v) is 2.75. The largest absolute Gasteiger partial charge is 0.326 e. The summed E-state index contributed by atoms with van der Waals surface area (Å²) in [5.41, 5.74) is 1.35. The van der Waals surface area contributed by atoms with E-state index >= 15 is 0 Å². The van der Waals surface area contributed by atoms with Crippen LogP contribution < -0.4 is 10.1 Å². The van der Waals surface area contributed by atoms with Crippen molar-refractivity contribution in [2.45, 2.75) is 11.8 Å². The van der Waals surface area contributed by atoms with Gasteiger partial charge in [-0.2, -0.15) is 13.5 Å². The number of hydrogen-bond acceptors (Lipinski definition) is 4. The first-order valence-electron chi connectivity index (χ1n) is 6.55. The van der Waals surface area contributed by atoms with E-state index in [9.17, 15) is 13.2 Å². The molecule has 0 saturated heterocycles. The predicted octanol–water partition coefficient (Wildman–Crippen LogP) is 2.72. The summed E-state index contributed by atoms with van der Waals surface area (Å²) < 4.78 is 24.8. The zero-order valence-electron chi connectivity index (χ0n) is 12.2. The molecule has 0 aliphatic carbocycles. The Morgan fingerprint density at radius 1 is 1.09 bits per heavy atom. The Hall–Kier alpha value is -2.19. The van der Waals surface area contributed by atoms with Crippen LogP contribution in [0.15, 0.2) is 63.0 Å². The molecule has 0 heterocycles. The second kappa shape index (κ2) is 7.38. The summed E-state index contributed by atoms with van der Waals surface area (Å²) >= 11 is 3.24. The first kappa shape index (κ1) is 17.2. The summed E-state index contributed by atoms with van der Waals surface area (Å²) in [6.07, 6.45) is 1.38. The molecule has 23 heavy (non-hydrogen) atoms. The van der Waals surface area contributed by atoms with Gasteiger partial charge in [0.05, 0.1) is 11.1 Å². The van der Waals surface area contributed by atoms with Crippen LogP contribution in [0, 0.1) is 0 Å². The van der Waals surface area contributed by atoms with Crippen LogP contribution >= 0.6 is 15.9 Å². The van der Waals surface area contributed by atoms with Gasteiger partial charge in [-0.05, 0) is 42.0 Å². The molecule has 0 radical (unpaired) electrons. The standard InChI is InChI=1S/C15H14BrN3O3S/c1-11(20)18-14-6-2-12(3-7-14)10-17-19-23(21,22)15-8-4-13(16)5-9-15/h2-10,19H,1H3,(H,18,20)/b17-10+. The van der Waals surface area contributed by atoms with Gasteiger partial charge >= 0.3 is 0 Å². The molecule has 0 saturated carbocycles. The highest BCUT2D eigenvalue weighted by molar-refractivity contribution is 9.10. The molecule has 0 spiro atoms. The van der Waals surface area contributed by atoms with Crippen LogP contribution in [0.2, 0.25) is 0 Å². The monoisotopic (exact) mass is 395 g/mol. The van der Waals surface area contributed by atoms with Crippen LogP contribution in [0.3, 0.4) is 0 Å². The Morgan fingerprint density at radius 3 is 2.26 bits per heavy atom. The number of rotatable bonds is 5. The van der Waals surface area contributed by atoms with Gasteiger partial charge in [0.15, 0.2) is 0 Å². The van der Waals surface area contributed by atoms with E-state index in [1.165, 1.54) is 25.3 Å². The third-order valence-electron chi connectivity index (χ3n) is 2.74. The minimum Gasteiger partial charge on any atom is -0.326 e. The van der Waals surface area contributed by atoms with Crippen molar-refractivity contribution < 1.29 is 13.2 Å². The molecule has 8 heteroatoms. The fraction of sp³-hybridized carbons (Fsp3) is 0.0667. The van der Waals surface area contributed by atoms with Crippen LogP contribution in [0.25, 0.3) is 0 Å². The number of nitrogens with zero attached hydrogens (tertiary/aromatic N) is 1. The van der Waals surface area contributed by atoms with E-state index in [1.54, 1.807) is 36.4 Å². The molecule has 2 rings (SSSR count). The molecular weight excluding hydrogens is 382 g/mol. The van der Waals surface area contributed by atoms with Gasteiger partial charge in [-0.1, -0.05) is 28.1 Å². The summed E-state index contributed by atoms with van der Waals surface area (Å²) in [5, 5.41) is 6.38. The number of hydrazone groups is 1. The van der Waals surface area contributed by atoms with E-state index in [-0.39, 0.29) is 10.8 Å². The van der Waals surface area contributed by atoms with Crippen LogP contribution in [0.1, 0.15) is 12.5 Å². The number of hydrogen-bond donors (Lipinski definition) is 2. The van der Waals surface area contributed by atoms with E-state index in [0.717, 1.165) is 4.47 Å². The number of halogens is 1. The summed E-state index contributed by atoms with van der Waals surface area (Å²) in [4.78, 5) is 13.2. The lowest BCUT2D eigenvalue weighted by atomic mass is 10.2. The van der Waals surface area contributed by atoms with Crippen molar-refractivity contribution in [2.75, 3.05) is 5.32 Å². The summed E-state index contributed by atoms with van der Waals surface area (Å²) in [6.45, 7) is 1.42. The van der Waals surface area contributed by atoms with Crippen molar-refractivity contribution in [3.8, 4) is 0 Å². The Morgan fingerprint density at radius 2 is 1.70 bits per heavy atom. The smallest absolute Gasteiger partial charge is 0.276 e. The van der Waals surface area contributed by atoms with Crippen LogP contribution in [-0.4, -0.2) is 20.5 Å². The number of carbonyl (C=O) groups excluding carboxylic acids is 1. The maximum absolute atomic E-state index is 12.0. The zero-order chi connectivity index (χ0) is 16.9. The molecule has 2 aromatic rings. The average molecular weight is 396 g/mol. The Balaban J connectivity index is 2.03. The van der Waals surface area contributed by atoms with Crippen molar-refractivity contribution >= 4 is 43.8 Å². The molecule has 0 fully saturated rings. The fourth-order valence-electron chi connectivity index (χ4n) is 1.69. The summed E-state index contributed by atoms with van der Waals surface area (Å²) in [5.74, 6) is -0.159. The van der Waals surface area contributed by atoms with Gasteiger partial charge in [-0.15, -0.1) is 0 Å². The summed E-state index contributed by atoms with van der Waals surface area (Å²) in [6, 6.07) is 13.1. The SMILES string of the molecule is CC(=O)Nc1ccc(/C=N/NS(=O)(=O)c2ccc(Br)cc2)cc1. The van der Waals surface area contributed by atoms with Gasteiger partial charge in [0.1, 0.15) is 0 Å². The molecule has 0 aliphatic rings. The van der Waals surface area contributed by atoms with Gasteiger partial charge in [0.2, 0.25) is 5.91 Å². The Bertz CT molecular complexity index is 816. The molecule has 6 nitrogen and oxygen atoms in total. The molecule has 1 amide bonds. The van der Waals surface area contributed by atoms with E-state index < -0.39 is 10.0 Å². The summed E-state index contributed by atoms with van der Waals surface area (Å²) in [7, 11) is -3.70. The van der Waals surface area contributed by atoms with Crippen molar-refractivity contribution in [3.05, 3.63) is 58.6 Å². The Labute approximate surface area is 142 Å². The lowest BCUT2D eigenvalue weighted by Gasteiger charge is -2.04. The number of sulfonamides is 1. The third kappa shape index (κ3) is 5.19. The molecule has 2 N–H and O–H groups in total. The maximum atomic E-state index is 12.0.